The lowest BCUT2D eigenvalue weighted by Crippen LogP contribution is -2.37. The molecule has 104 valence electrons. The fourth-order valence-corrected chi connectivity index (χ4v) is 3.68. The average molecular weight is 342 g/mol. The fourth-order valence-electron chi connectivity index (χ4n) is 2.34. The summed E-state index contributed by atoms with van der Waals surface area (Å²) in [5, 5.41) is 0.732. The van der Waals surface area contributed by atoms with E-state index in [4.69, 9.17) is 0 Å². The Morgan fingerprint density at radius 2 is 2.16 bits per heavy atom. The zero-order valence-electron chi connectivity index (χ0n) is 11.3. The third-order valence-electron chi connectivity index (χ3n) is 3.37. The summed E-state index contributed by atoms with van der Waals surface area (Å²) in [6.07, 6.45) is 1.62. The maximum absolute atomic E-state index is 12.0. The maximum Gasteiger partial charge on any atom is 0.162 e. The number of hydrogen-bond donors (Lipinski definition) is 0. The Morgan fingerprint density at radius 1 is 1.42 bits per heavy atom. The Hall–Kier alpha value is -0.320. The van der Waals surface area contributed by atoms with E-state index in [9.17, 15) is 4.79 Å². The van der Waals surface area contributed by atoms with Crippen LogP contribution in [-0.4, -0.2) is 41.3 Å². The lowest BCUT2D eigenvalue weighted by Gasteiger charge is -2.30. The monoisotopic (exact) mass is 341 g/mol. The molecule has 1 heterocycles. The topological polar surface area (TPSA) is 20.3 Å². The van der Waals surface area contributed by atoms with E-state index < -0.39 is 0 Å². The third kappa shape index (κ3) is 4.93. The first-order chi connectivity index (χ1) is 9.15. The molecule has 0 saturated carbocycles. The Morgan fingerprint density at radius 3 is 2.84 bits per heavy atom. The lowest BCUT2D eigenvalue weighted by atomic mass is 10.1. The Labute approximate surface area is 128 Å². The number of ketones is 1. The van der Waals surface area contributed by atoms with Crippen LogP contribution < -0.4 is 0 Å². The molecule has 2 nitrogen and oxygen atoms in total. The number of Topliss-reactive ketones (excluding diaryl/α,β-unsaturated/α-hetero) is 1. The molecule has 2 rings (SSSR count). The second kappa shape index (κ2) is 7.46. The molecule has 0 radical (unpaired) electrons. The predicted molar refractivity (Wildman–Crippen MR) is 86.1 cm³/mol. The van der Waals surface area contributed by atoms with Gasteiger partial charge in [-0.15, -0.1) is 0 Å². The molecule has 1 aromatic rings. The summed E-state index contributed by atoms with van der Waals surface area (Å²) in [5.74, 6) is 1.48. The minimum atomic E-state index is 0.256. The van der Waals surface area contributed by atoms with E-state index >= 15 is 0 Å². The van der Waals surface area contributed by atoms with E-state index in [0.29, 0.717) is 6.42 Å². The van der Waals surface area contributed by atoms with Gasteiger partial charge in [-0.05, 0) is 25.1 Å². The van der Waals surface area contributed by atoms with Crippen molar-refractivity contribution in [2.45, 2.75) is 25.0 Å². The number of carbonyl (C=O) groups excluding carboxylic acids is 1. The summed E-state index contributed by atoms with van der Waals surface area (Å²) < 4.78 is 1.02. The first-order valence-electron chi connectivity index (χ1n) is 6.78. The Balaban J connectivity index is 1.73. The quantitative estimate of drug-likeness (QED) is 0.758. The number of nitrogens with zero attached hydrogens (tertiary/aromatic N) is 1. The van der Waals surface area contributed by atoms with Crippen LogP contribution in [0, 0.1) is 0 Å². The number of carbonyl (C=O) groups is 1. The largest absolute Gasteiger partial charge is 0.301 e. The normalized spacial score (nSPS) is 20.4. The van der Waals surface area contributed by atoms with Crippen LogP contribution in [0.2, 0.25) is 0 Å². The second-order valence-corrected chi connectivity index (χ2v) is 7.48. The van der Waals surface area contributed by atoms with E-state index in [2.05, 4.69) is 27.8 Å². The molecule has 1 saturated heterocycles. The highest BCUT2D eigenvalue weighted by Crippen LogP contribution is 2.18. The molecule has 1 aliphatic rings. The molecule has 1 aromatic carbocycles. The minimum absolute atomic E-state index is 0.256. The summed E-state index contributed by atoms with van der Waals surface area (Å²) in [6, 6.07) is 7.64. The van der Waals surface area contributed by atoms with Crippen LogP contribution in [0.5, 0.6) is 0 Å². The van der Waals surface area contributed by atoms with Crippen LogP contribution in [0.15, 0.2) is 28.7 Å². The van der Waals surface area contributed by atoms with Crippen molar-refractivity contribution in [2.75, 3.05) is 25.4 Å². The molecule has 0 bridgehead atoms. The third-order valence-corrected chi connectivity index (χ3v) is 5.03. The second-order valence-electron chi connectivity index (χ2n) is 5.02. The molecule has 1 unspecified atom stereocenters. The first-order valence-corrected chi connectivity index (χ1v) is 8.62. The van der Waals surface area contributed by atoms with Crippen LogP contribution >= 0.6 is 27.7 Å². The van der Waals surface area contributed by atoms with Gasteiger partial charge in [0.05, 0.1) is 0 Å². The van der Waals surface area contributed by atoms with Gasteiger partial charge in [0, 0.05) is 40.5 Å². The van der Waals surface area contributed by atoms with Gasteiger partial charge in [-0.3, -0.25) is 4.79 Å². The molecule has 0 spiro atoms. The highest BCUT2D eigenvalue weighted by Gasteiger charge is 2.16. The van der Waals surface area contributed by atoms with E-state index in [0.717, 1.165) is 34.8 Å². The molecule has 1 aliphatic heterocycles. The molecule has 0 amide bonds. The molecule has 0 aliphatic carbocycles. The summed E-state index contributed by atoms with van der Waals surface area (Å²) in [7, 11) is 0. The lowest BCUT2D eigenvalue weighted by molar-refractivity contribution is 0.0975. The number of thioether (sulfide) groups is 1. The van der Waals surface area contributed by atoms with E-state index in [-0.39, 0.29) is 5.78 Å². The van der Waals surface area contributed by atoms with Gasteiger partial charge in [0.15, 0.2) is 5.78 Å². The first kappa shape index (κ1) is 15.1. The zero-order valence-corrected chi connectivity index (χ0v) is 13.7. The number of hydrogen-bond acceptors (Lipinski definition) is 3. The van der Waals surface area contributed by atoms with Gasteiger partial charge in [0.25, 0.3) is 0 Å². The van der Waals surface area contributed by atoms with Crippen molar-refractivity contribution in [1.82, 2.24) is 4.90 Å². The van der Waals surface area contributed by atoms with Gasteiger partial charge < -0.3 is 4.90 Å². The molecule has 0 N–H and O–H groups in total. The van der Waals surface area contributed by atoms with Crippen molar-refractivity contribution < 1.29 is 4.79 Å². The molecular weight excluding hydrogens is 322 g/mol. The molecule has 19 heavy (non-hydrogen) atoms. The number of benzene rings is 1. The van der Waals surface area contributed by atoms with Crippen molar-refractivity contribution in [3.05, 3.63) is 34.3 Å². The van der Waals surface area contributed by atoms with Gasteiger partial charge in [-0.2, -0.15) is 11.8 Å². The van der Waals surface area contributed by atoms with Crippen molar-refractivity contribution in [3.63, 3.8) is 0 Å². The molecular formula is C15H20BrNOS. The van der Waals surface area contributed by atoms with Crippen molar-refractivity contribution >= 4 is 33.5 Å². The summed E-state index contributed by atoms with van der Waals surface area (Å²) in [5.41, 5.74) is 0.825. The molecule has 4 heteroatoms. The standard InChI is InChI=1S/C15H20BrNOS/c1-12-11-17(9-10-19-12)8-2-3-15(18)13-4-6-14(16)7-5-13/h4-7,12H,2-3,8-11H2,1H3. The highest BCUT2D eigenvalue weighted by molar-refractivity contribution is 9.10. The van der Waals surface area contributed by atoms with Gasteiger partial charge in [0.1, 0.15) is 0 Å². The van der Waals surface area contributed by atoms with Gasteiger partial charge in [0.2, 0.25) is 0 Å². The van der Waals surface area contributed by atoms with Crippen LogP contribution in [0.25, 0.3) is 0 Å². The van der Waals surface area contributed by atoms with E-state index in [1.54, 1.807) is 0 Å². The SMILES string of the molecule is CC1CN(CCCC(=O)c2ccc(Br)cc2)CCS1. The fraction of sp³-hybridized carbons (Fsp3) is 0.533. The Kier molecular flexibility index (Phi) is 5.92. The smallest absolute Gasteiger partial charge is 0.162 e. The minimum Gasteiger partial charge on any atom is -0.301 e. The summed E-state index contributed by atoms with van der Waals surface area (Å²) >= 11 is 5.43. The molecule has 1 atom stereocenters. The van der Waals surface area contributed by atoms with Crippen molar-refractivity contribution in [2.24, 2.45) is 0 Å². The molecule has 1 fully saturated rings. The van der Waals surface area contributed by atoms with Gasteiger partial charge in [-0.25, -0.2) is 0 Å². The number of halogens is 1. The van der Waals surface area contributed by atoms with E-state index in [1.165, 1.54) is 12.3 Å². The maximum atomic E-state index is 12.0. The molecule has 0 aromatic heterocycles. The Bertz CT molecular complexity index is 421. The zero-order chi connectivity index (χ0) is 13.7. The predicted octanol–water partition coefficient (Wildman–Crippen LogP) is 3.85. The van der Waals surface area contributed by atoms with Crippen molar-refractivity contribution in [3.8, 4) is 0 Å². The summed E-state index contributed by atoms with van der Waals surface area (Å²) in [4.78, 5) is 14.5. The average Bonchev–Trinajstić information content (AvgIpc) is 2.39. The van der Waals surface area contributed by atoms with Crippen LogP contribution in [-0.2, 0) is 0 Å². The van der Waals surface area contributed by atoms with Gasteiger partial charge in [-0.1, -0.05) is 35.0 Å². The highest BCUT2D eigenvalue weighted by atomic mass is 79.9. The van der Waals surface area contributed by atoms with Gasteiger partial charge >= 0.3 is 0 Å². The van der Waals surface area contributed by atoms with E-state index in [1.807, 2.05) is 36.0 Å². The summed E-state index contributed by atoms with van der Waals surface area (Å²) in [6.45, 7) is 5.66. The van der Waals surface area contributed by atoms with Crippen molar-refractivity contribution in [1.29, 1.82) is 0 Å². The number of rotatable bonds is 5. The van der Waals surface area contributed by atoms with Crippen LogP contribution in [0.3, 0.4) is 0 Å². The van der Waals surface area contributed by atoms with Crippen LogP contribution in [0.4, 0.5) is 0 Å². The van der Waals surface area contributed by atoms with Crippen LogP contribution in [0.1, 0.15) is 30.1 Å².